The van der Waals surface area contributed by atoms with Crippen molar-refractivity contribution in [2.75, 3.05) is 6.26 Å². The van der Waals surface area contributed by atoms with Gasteiger partial charge in [0.2, 0.25) is 0 Å². The Balaban J connectivity index is 2.62. The van der Waals surface area contributed by atoms with Crippen LogP contribution in [-0.2, 0) is 21.1 Å². The highest BCUT2D eigenvalue weighted by Crippen LogP contribution is 2.12. The van der Waals surface area contributed by atoms with Gasteiger partial charge in [0.15, 0.2) is 9.84 Å². The number of hydrogen-bond donors (Lipinski definition) is 0. The van der Waals surface area contributed by atoms with Crippen molar-refractivity contribution in [3.05, 3.63) is 29.8 Å². The Labute approximate surface area is 96.4 Å². The predicted molar refractivity (Wildman–Crippen MR) is 63.2 cm³/mol. The molecule has 0 bridgehead atoms. The van der Waals surface area contributed by atoms with E-state index in [0.29, 0.717) is 11.3 Å². The molecule has 0 amide bonds. The van der Waals surface area contributed by atoms with Crippen molar-refractivity contribution in [3.8, 4) is 0 Å². The summed E-state index contributed by atoms with van der Waals surface area (Å²) in [5, 5.41) is 0. The lowest BCUT2D eigenvalue weighted by molar-refractivity contribution is -0.117. The van der Waals surface area contributed by atoms with Crippen LogP contribution in [0.2, 0.25) is 0 Å². The van der Waals surface area contributed by atoms with Gasteiger partial charge < -0.3 is 4.79 Å². The molecular weight excluding hydrogens is 224 g/mol. The molecule has 1 aromatic rings. The average Bonchev–Trinajstić information content (AvgIpc) is 2.16. The maximum atomic E-state index is 11.2. The third-order valence-electron chi connectivity index (χ3n) is 2.35. The fraction of sp³-hybridized carbons (Fsp3) is 0.417. The minimum absolute atomic E-state index is 0.188. The molecule has 0 saturated carbocycles. The molecule has 0 aliphatic heterocycles. The molecule has 0 aliphatic carbocycles. The normalized spacial score (nSPS) is 11.4. The number of aryl methyl sites for hydroxylation is 1. The van der Waals surface area contributed by atoms with Crippen molar-refractivity contribution in [3.63, 3.8) is 0 Å². The molecule has 0 aliphatic rings. The van der Waals surface area contributed by atoms with Crippen LogP contribution < -0.4 is 0 Å². The van der Waals surface area contributed by atoms with Gasteiger partial charge in [-0.25, -0.2) is 8.42 Å². The van der Waals surface area contributed by atoms with E-state index in [4.69, 9.17) is 0 Å². The number of carbonyl (C=O) groups is 1. The van der Waals surface area contributed by atoms with E-state index in [1.807, 2.05) is 0 Å². The van der Waals surface area contributed by atoms with Crippen LogP contribution in [0.15, 0.2) is 29.2 Å². The molecule has 4 heteroatoms. The summed E-state index contributed by atoms with van der Waals surface area (Å²) >= 11 is 0. The molecule has 0 N–H and O–H groups in total. The second-order valence-electron chi connectivity index (χ2n) is 3.97. The first-order chi connectivity index (χ1) is 7.39. The zero-order valence-corrected chi connectivity index (χ0v) is 10.4. The van der Waals surface area contributed by atoms with E-state index in [9.17, 15) is 13.2 Å². The van der Waals surface area contributed by atoms with Gasteiger partial charge in [0.1, 0.15) is 5.78 Å². The van der Waals surface area contributed by atoms with Crippen LogP contribution in [0.1, 0.15) is 25.3 Å². The van der Waals surface area contributed by atoms with E-state index in [1.54, 1.807) is 31.2 Å². The monoisotopic (exact) mass is 240 g/mol. The zero-order valence-electron chi connectivity index (χ0n) is 9.56. The number of ketones is 1. The van der Waals surface area contributed by atoms with Crippen molar-refractivity contribution in [1.82, 2.24) is 0 Å². The third kappa shape index (κ3) is 4.14. The largest absolute Gasteiger partial charge is 0.300 e. The lowest BCUT2D eigenvalue weighted by Gasteiger charge is -2.02. The molecule has 0 aromatic heterocycles. The van der Waals surface area contributed by atoms with Crippen molar-refractivity contribution in [2.45, 2.75) is 31.1 Å². The van der Waals surface area contributed by atoms with E-state index < -0.39 is 9.84 Å². The fourth-order valence-corrected chi connectivity index (χ4v) is 2.08. The van der Waals surface area contributed by atoms with Gasteiger partial charge in [-0.2, -0.15) is 0 Å². The Bertz CT molecular complexity index is 458. The molecule has 1 rings (SSSR count). The van der Waals surface area contributed by atoms with Gasteiger partial charge in [-0.05, 0) is 37.5 Å². The van der Waals surface area contributed by atoms with E-state index in [1.165, 1.54) is 6.26 Å². The summed E-state index contributed by atoms with van der Waals surface area (Å²) in [6.45, 7) is 1.58. The lowest BCUT2D eigenvalue weighted by Crippen LogP contribution is -1.97. The maximum absolute atomic E-state index is 11.2. The average molecular weight is 240 g/mol. The first kappa shape index (κ1) is 12.9. The van der Waals surface area contributed by atoms with Crippen molar-refractivity contribution < 1.29 is 13.2 Å². The summed E-state index contributed by atoms with van der Waals surface area (Å²) in [7, 11) is -3.11. The number of carbonyl (C=O) groups excluding carboxylic acids is 1. The Morgan fingerprint density at radius 1 is 1.19 bits per heavy atom. The standard InChI is InChI=1S/C12H16O3S/c1-10(13)4-3-5-11-6-8-12(9-7-11)16(2,14)15/h6-9H,3-5H2,1-2H3. The van der Waals surface area contributed by atoms with Crippen LogP contribution in [0.5, 0.6) is 0 Å². The second kappa shape index (κ2) is 5.25. The number of hydrogen-bond acceptors (Lipinski definition) is 3. The first-order valence-electron chi connectivity index (χ1n) is 5.18. The van der Waals surface area contributed by atoms with Gasteiger partial charge in [-0.15, -0.1) is 0 Å². The minimum atomic E-state index is -3.11. The third-order valence-corrected chi connectivity index (χ3v) is 3.47. The van der Waals surface area contributed by atoms with E-state index in [0.717, 1.165) is 18.4 Å². The number of rotatable bonds is 5. The van der Waals surface area contributed by atoms with Crippen LogP contribution >= 0.6 is 0 Å². The van der Waals surface area contributed by atoms with Crippen LogP contribution in [0, 0.1) is 0 Å². The molecule has 16 heavy (non-hydrogen) atoms. The number of Topliss-reactive ketones (excluding diaryl/α,β-unsaturated/α-hetero) is 1. The summed E-state index contributed by atoms with van der Waals surface area (Å²) in [5.41, 5.74) is 1.06. The summed E-state index contributed by atoms with van der Waals surface area (Å²) in [4.78, 5) is 11.1. The van der Waals surface area contributed by atoms with Gasteiger partial charge in [0, 0.05) is 12.7 Å². The molecule has 88 valence electrons. The quantitative estimate of drug-likeness (QED) is 0.791. The molecule has 0 spiro atoms. The molecule has 0 atom stereocenters. The lowest BCUT2D eigenvalue weighted by atomic mass is 10.1. The van der Waals surface area contributed by atoms with Gasteiger partial charge >= 0.3 is 0 Å². The highest BCUT2D eigenvalue weighted by atomic mass is 32.2. The van der Waals surface area contributed by atoms with Gasteiger partial charge in [-0.3, -0.25) is 0 Å². The van der Waals surface area contributed by atoms with E-state index >= 15 is 0 Å². The van der Waals surface area contributed by atoms with Gasteiger partial charge in [0.05, 0.1) is 4.90 Å². The number of sulfone groups is 1. The fourth-order valence-electron chi connectivity index (χ4n) is 1.44. The van der Waals surface area contributed by atoms with Crippen LogP contribution in [0.4, 0.5) is 0 Å². The van der Waals surface area contributed by atoms with Crippen LogP contribution in [0.3, 0.4) is 0 Å². The molecule has 0 unspecified atom stereocenters. The SMILES string of the molecule is CC(=O)CCCc1ccc(S(C)(=O)=O)cc1. The zero-order chi connectivity index (χ0) is 12.2. The van der Waals surface area contributed by atoms with Crippen molar-refractivity contribution in [2.24, 2.45) is 0 Å². The smallest absolute Gasteiger partial charge is 0.175 e. The summed E-state index contributed by atoms with van der Waals surface area (Å²) in [6.07, 6.45) is 3.39. The highest BCUT2D eigenvalue weighted by Gasteiger charge is 2.05. The van der Waals surface area contributed by atoms with E-state index in [2.05, 4.69) is 0 Å². The molecule has 0 saturated heterocycles. The topological polar surface area (TPSA) is 51.2 Å². The highest BCUT2D eigenvalue weighted by molar-refractivity contribution is 7.90. The molecule has 1 aromatic carbocycles. The molecular formula is C12H16O3S. The second-order valence-corrected chi connectivity index (χ2v) is 5.99. The molecule has 0 heterocycles. The Hall–Kier alpha value is -1.16. The summed E-state index contributed by atoms with van der Waals surface area (Å²) in [6, 6.07) is 6.82. The van der Waals surface area contributed by atoms with E-state index in [-0.39, 0.29) is 5.78 Å². The van der Waals surface area contributed by atoms with Crippen molar-refractivity contribution >= 4 is 15.6 Å². The Kier molecular flexibility index (Phi) is 4.24. The van der Waals surface area contributed by atoms with Gasteiger partial charge in [0.25, 0.3) is 0 Å². The molecule has 0 radical (unpaired) electrons. The minimum Gasteiger partial charge on any atom is -0.300 e. The Morgan fingerprint density at radius 2 is 1.75 bits per heavy atom. The van der Waals surface area contributed by atoms with Crippen LogP contribution in [-0.4, -0.2) is 20.5 Å². The maximum Gasteiger partial charge on any atom is 0.175 e. The van der Waals surface area contributed by atoms with Gasteiger partial charge in [-0.1, -0.05) is 12.1 Å². The summed E-state index contributed by atoms with van der Waals surface area (Å²) in [5.74, 6) is 0.188. The Morgan fingerprint density at radius 3 is 2.19 bits per heavy atom. The number of benzene rings is 1. The summed E-state index contributed by atoms with van der Waals surface area (Å²) < 4.78 is 22.4. The molecule has 0 fully saturated rings. The predicted octanol–water partition coefficient (Wildman–Crippen LogP) is 2.00. The molecule has 3 nitrogen and oxygen atoms in total. The van der Waals surface area contributed by atoms with Crippen LogP contribution in [0.25, 0.3) is 0 Å². The van der Waals surface area contributed by atoms with Crippen molar-refractivity contribution in [1.29, 1.82) is 0 Å². The first-order valence-corrected chi connectivity index (χ1v) is 7.07.